The number of rotatable bonds is 6. The third-order valence-corrected chi connectivity index (χ3v) is 4.08. The second kappa shape index (κ2) is 8.39. The summed E-state index contributed by atoms with van der Waals surface area (Å²) in [6.45, 7) is 0.448. The summed E-state index contributed by atoms with van der Waals surface area (Å²) in [6.07, 6.45) is 1.51. The molecule has 132 valence electrons. The van der Waals surface area contributed by atoms with Crippen LogP contribution in [0.25, 0.3) is 0 Å². The van der Waals surface area contributed by atoms with E-state index in [2.05, 4.69) is 36.8 Å². The normalized spacial score (nSPS) is 10.8. The molecular weight excluding hydrogens is 398 g/mol. The Balaban J connectivity index is 1.86. The highest BCUT2D eigenvalue weighted by Gasteiger charge is 2.19. The number of esters is 1. The number of benzene rings is 2. The number of hydrogen-bond acceptors (Lipinski definition) is 6. The molecule has 0 atom stereocenters. The van der Waals surface area contributed by atoms with Crippen molar-refractivity contribution in [3.63, 3.8) is 0 Å². The van der Waals surface area contributed by atoms with E-state index < -0.39 is 5.97 Å². The van der Waals surface area contributed by atoms with Crippen LogP contribution in [0.3, 0.4) is 0 Å². The molecule has 0 saturated heterocycles. The van der Waals surface area contributed by atoms with Gasteiger partial charge in [-0.2, -0.15) is 5.10 Å². The average Bonchev–Trinajstić information content (AvgIpc) is 3.06. The average molecular weight is 414 g/mol. The van der Waals surface area contributed by atoms with Crippen LogP contribution in [0.4, 0.5) is 5.69 Å². The number of para-hydroxylation sites is 1. The molecule has 2 aromatic carbocycles. The third kappa shape index (κ3) is 4.34. The zero-order chi connectivity index (χ0) is 18.4. The minimum absolute atomic E-state index is 0.114. The van der Waals surface area contributed by atoms with E-state index >= 15 is 0 Å². The van der Waals surface area contributed by atoms with Crippen LogP contribution in [0.2, 0.25) is 0 Å². The molecule has 8 heteroatoms. The number of methoxy groups -OCH3 is 1. The number of nitrogens with zero attached hydrogens (tertiary/aromatic N) is 4. The van der Waals surface area contributed by atoms with Gasteiger partial charge in [0.1, 0.15) is 5.69 Å². The van der Waals surface area contributed by atoms with Crippen molar-refractivity contribution < 1.29 is 9.53 Å². The maximum atomic E-state index is 12.0. The number of halogens is 1. The maximum Gasteiger partial charge on any atom is 0.360 e. The van der Waals surface area contributed by atoms with Gasteiger partial charge < -0.3 is 4.74 Å². The van der Waals surface area contributed by atoms with E-state index in [1.165, 1.54) is 13.3 Å². The molecule has 0 unspecified atom stereocenters. The molecule has 3 rings (SSSR count). The molecule has 0 fully saturated rings. The topological polar surface area (TPSA) is 81.4 Å². The van der Waals surface area contributed by atoms with Gasteiger partial charge in [0.25, 0.3) is 0 Å². The van der Waals surface area contributed by atoms with Crippen molar-refractivity contribution in [3.05, 3.63) is 76.0 Å². The molecule has 0 spiro atoms. The molecule has 1 heterocycles. The number of aromatic nitrogens is 3. The highest BCUT2D eigenvalue weighted by molar-refractivity contribution is 9.10. The summed E-state index contributed by atoms with van der Waals surface area (Å²) >= 11 is 3.41. The van der Waals surface area contributed by atoms with Crippen molar-refractivity contribution in [2.75, 3.05) is 12.5 Å². The second-order valence-electron chi connectivity index (χ2n) is 5.34. The molecule has 0 radical (unpaired) electrons. The first-order chi connectivity index (χ1) is 12.7. The van der Waals surface area contributed by atoms with Gasteiger partial charge in [0.2, 0.25) is 0 Å². The minimum Gasteiger partial charge on any atom is -0.464 e. The van der Waals surface area contributed by atoms with E-state index in [1.54, 1.807) is 4.68 Å². The molecule has 7 nitrogen and oxygen atoms in total. The quantitative estimate of drug-likeness (QED) is 0.380. The first kappa shape index (κ1) is 17.8. The van der Waals surface area contributed by atoms with Crippen molar-refractivity contribution >= 4 is 33.8 Å². The monoisotopic (exact) mass is 413 g/mol. The van der Waals surface area contributed by atoms with Crippen LogP contribution in [-0.2, 0) is 11.3 Å². The number of nitrogens with one attached hydrogen (secondary N) is 1. The predicted octanol–water partition coefficient (Wildman–Crippen LogP) is 3.32. The lowest BCUT2D eigenvalue weighted by molar-refractivity contribution is 0.0593. The Morgan fingerprint density at radius 3 is 2.65 bits per heavy atom. The summed E-state index contributed by atoms with van der Waals surface area (Å²) < 4.78 is 7.37. The zero-order valence-electron chi connectivity index (χ0n) is 14.0. The first-order valence-corrected chi connectivity index (χ1v) is 8.57. The number of ether oxygens (including phenoxy) is 1. The summed E-state index contributed by atoms with van der Waals surface area (Å²) in [5.41, 5.74) is 5.33. The minimum atomic E-state index is -0.562. The van der Waals surface area contributed by atoms with Gasteiger partial charge in [-0.1, -0.05) is 51.5 Å². The van der Waals surface area contributed by atoms with E-state index in [1.807, 2.05) is 54.6 Å². The van der Waals surface area contributed by atoms with Crippen molar-refractivity contribution in [2.24, 2.45) is 5.10 Å². The SMILES string of the molecule is COC(=O)c1nnn(Cc2ccc(Br)cc2)c1/C=N/Nc1ccccc1. The number of anilines is 1. The van der Waals surface area contributed by atoms with E-state index in [0.29, 0.717) is 12.2 Å². The van der Waals surface area contributed by atoms with E-state index in [-0.39, 0.29) is 5.69 Å². The molecule has 0 aliphatic heterocycles. The Hall–Kier alpha value is -3.00. The Kier molecular flexibility index (Phi) is 5.75. The predicted molar refractivity (Wildman–Crippen MR) is 102 cm³/mol. The third-order valence-electron chi connectivity index (χ3n) is 3.55. The standard InChI is InChI=1S/C18H16BrN5O2/c1-26-18(25)17-16(11-20-21-15-5-3-2-4-6-15)24(23-22-17)12-13-7-9-14(19)10-8-13/h2-11,21H,12H2,1H3/b20-11+. The van der Waals surface area contributed by atoms with E-state index in [0.717, 1.165) is 15.7 Å². The van der Waals surface area contributed by atoms with Crippen LogP contribution >= 0.6 is 15.9 Å². The van der Waals surface area contributed by atoms with Crippen LogP contribution in [0.5, 0.6) is 0 Å². The molecule has 1 N–H and O–H groups in total. The van der Waals surface area contributed by atoms with Crippen molar-refractivity contribution in [2.45, 2.75) is 6.54 Å². The van der Waals surface area contributed by atoms with E-state index in [9.17, 15) is 4.79 Å². The lowest BCUT2D eigenvalue weighted by Crippen LogP contribution is -2.10. The summed E-state index contributed by atoms with van der Waals surface area (Å²) in [5, 5.41) is 12.2. The summed E-state index contributed by atoms with van der Waals surface area (Å²) in [4.78, 5) is 12.0. The first-order valence-electron chi connectivity index (χ1n) is 7.78. The highest BCUT2D eigenvalue weighted by atomic mass is 79.9. The van der Waals surface area contributed by atoms with Crippen molar-refractivity contribution in [3.8, 4) is 0 Å². The van der Waals surface area contributed by atoms with Crippen molar-refractivity contribution in [1.29, 1.82) is 0 Å². The van der Waals surface area contributed by atoms with Crippen LogP contribution < -0.4 is 5.43 Å². The Labute approximate surface area is 158 Å². The lowest BCUT2D eigenvalue weighted by Gasteiger charge is -2.05. The Morgan fingerprint density at radius 2 is 1.96 bits per heavy atom. The van der Waals surface area contributed by atoms with E-state index in [4.69, 9.17) is 4.74 Å². The Morgan fingerprint density at radius 1 is 1.23 bits per heavy atom. The zero-order valence-corrected chi connectivity index (χ0v) is 15.5. The van der Waals surface area contributed by atoms with Gasteiger partial charge >= 0.3 is 5.97 Å². The van der Waals surface area contributed by atoms with Gasteiger partial charge in [-0.3, -0.25) is 5.43 Å². The summed E-state index contributed by atoms with van der Waals surface area (Å²) in [7, 11) is 1.30. The molecule has 1 aromatic heterocycles. The van der Waals surface area contributed by atoms with Gasteiger partial charge in [-0.05, 0) is 29.8 Å². The van der Waals surface area contributed by atoms with Crippen molar-refractivity contribution in [1.82, 2.24) is 15.0 Å². The van der Waals surface area contributed by atoms with Gasteiger partial charge in [0, 0.05) is 4.47 Å². The number of hydrogen-bond donors (Lipinski definition) is 1. The molecule has 26 heavy (non-hydrogen) atoms. The largest absolute Gasteiger partial charge is 0.464 e. The van der Waals surface area contributed by atoms with Crippen LogP contribution in [0.15, 0.2) is 64.2 Å². The van der Waals surface area contributed by atoms with Crippen LogP contribution in [0, 0.1) is 0 Å². The fourth-order valence-corrected chi connectivity index (χ4v) is 2.51. The number of hydrazone groups is 1. The second-order valence-corrected chi connectivity index (χ2v) is 6.25. The number of carbonyl (C=O) groups is 1. The number of carbonyl (C=O) groups excluding carboxylic acids is 1. The van der Waals surface area contributed by atoms with Crippen LogP contribution in [0.1, 0.15) is 21.7 Å². The molecule has 3 aromatic rings. The maximum absolute atomic E-state index is 12.0. The molecule has 0 aliphatic carbocycles. The summed E-state index contributed by atoms with van der Waals surface area (Å²) in [6, 6.07) is 17.3. The van der Waals surface area contributed by atoms with Gasteiger partial charge in [0.15, 0.2) is 5.69 Å². The fourth-order valence-electron chi connectivity index (χ4n) is 2.25. The fraction of sp³-hybridized carbons (Fsp3) is 0.111. The Bertz CT molecular complexity index is 907. The molecule has 0 bridgehead atoms. The highest BCUT2D eigenvalue weighted by Crippen LogP contribution is 2.13. The molecule has 0 saturated carbocycles. The smallest absolute Gasteiger partial charge is 0.360 e. The van der Waals surface area contributed by atoms with Crippen LogP contribution in [-0.4, -0.2) is 34.3 Å². The molecular formula is C18H16BrN5O2. The summed E-state index contributed by atoms with van der Waals surface area (Å²) in [5.74, 6) is -0.562. The lowest BCUT2D eigenvalue weighted by atomic mass is 10.2. The molecule has 0 amide bonds. The van der Waals surface area contributed by atoms with Gasteiger partial charge in [0.05, 0.1) is 25.6 Å². The van der Waals surface area contributed by atoms with Gasteiger partial charge in [-0.15, -0.1) is 5.10 Å². The van der Waals surface area contributed by atoms with Gasteiger partial charge in [-0.25, -0.2) is 9.48 Å². The molecule has 0 aliphatic rings.